The normalized spacial score (nSPS) is 12.8. The molecule has 5 aromatic rings. The highest BCUT2D eigenvalue weighted by atomic mass is 19.1. The average Bonchev–Trinajstić information content (AvgIpc) is 3.39. The topological polar surface area (TPSA) is 95.2 Å². The second-order valence-corrected chi connectivity index (χ2v) is 7.68. The van der Waals surface area contributed by atoms with E-state index in [4.69, 9.17) is 4.98 Å². The summed E-state index contributed by atoms with van der Waals surface area (Å²) in [5.41, 5.74) is 7.94. The molecule has 0 spiro atoms. The molecule has 0 saturated heterocycles. The number of pyridine rings is 2. The van der Waals surface area contributed by atoms with Crippen molar-refractivity contribution in [1.82, 2.24) is 30.1 Å². The molecule has 1 aliphatic rings. The van der Waals surface area contributed by atoms with Crippen LogP contribution in [0, 0.1) is 5.82 Å². The van der Waals surface area contributed by atoms with Crippen LogP contribution in [0.2, 0.25) is 0 Å². The number of H-pyrrole nitrogens is 2. The Bertz CT molecular complexity index is 1460. The number of anilines is 1. The van der Waals surface area contributed by atoms with Crippen LogP contribution in [0.25, 0.3) is 39.4 Å². The van der Waals surface area contributed by atoms with Crippen LogP contribution in [0.3, 0.4) is 0 Å². The number of fused-ring (bicyclic) bond motifs is 1. The first kappa shape index (κ1) is 18.4. The molecule has 1 aliphatic carbocycles. The van der Waals surface area contributed by atoms with Crippen LogP contribution in [0.5, 0.6) is 0 Å². The van der Waals surface area contributed by atoms with E-state index in [1.54, 1.807) is 30.9 Å². The summed E-state index contributed by atoms with van der Waals surface area (Å²) in [5, 5.41) is 10.8. The molecule has 1 aromatic carbocycles. The predicted molar refractivity (Wildman–Crippen MR) is 121 cm³/mol. The Morgan fingerprint density at radius 3 is 2.75 bits per heavy atom. The number of hydrogen-bond acceptors (Lipinski definition) is 5. The molecule has 6 rings (SSSR count). The third kappa shape index (κ3) is 3.31. The summed E-state index contributed by atoms with van der Waals surface area (Å²) in [5.74, 6) is 0.323. The number of aromatic nitrogens is 6. The molecule has 4 heterocycles. The van der Waals surface area contributed by atoms with E-state index in [1.807, 2.05) is 24.4 Å². The third-order valence-corrected chi connectivity index (χ3v) is 5.47. The summed E-state index contributed by atoms with van der Waals surface area (Å²) in [7, 11) is 0. The van der Waals surface area contributed by atoms with Gasteiger partial charge in [0.25, 0.3) is 0 Å². The molecule has 0 bridgehead atoms. The van der Waals surface area contributed by atoms with E-state index < -0.39 is 0 Å². The fourth-order valence-corrected chi connectivity index (χ4v) is 3.80. The zero-order valence-electron chi connectivity index (χ0n) is 16.9. The summed E-state index contributed by atoms with van der Waals surface area (Å²) in [6.45, 7) is 0. The number of nitrogens with one attached hydrogen (secondary N) is 3. The number of allylic oxidation sites excluding steroid dienone is 1. The van der Waals surface area contributed by atoms with Gasteiger partial charge in [-0.15, -0.1) is 0 Å². The van der Waals surface area contributed by atoms with E-state index in [2.05, 4.69) is 30.5 Å². The number of nitrogens with zero attached hydrogens (tertiary/aromatic N) is 4. The SMILES string of the molecule is Fc1cccc(-c2cncc3[nH]c(-c4[nH]ncc4NC(=C4CC4)c4cccnc4)nc23)c1. The molecule has 1 fully saturated rings. The molecular formula is C24H18FN7. The number of halogens is 1. The maximum absolute atomic E-state index is 13.8. The van der Waals surface area contributed by atoms with Crippen molar-refractivity contribution in [2.45, 2.75) is 12.8 Å². The van der Waals surface area contributed by atoms with Gasteiger partial charge >= 0.3 is 0 Å². The zero-order valence-corrected chi connectivity index (χ0v) is 16.9. The van der Waals surface area contributed by atoms with E-state index in [0.29, 0.717) is 11.3 Å². The van der Waals surface area contributed by atoms with Crippen LogP contribution < -0.4 is 5.32 Å². The lowest BCUT2D eigenvalue weighted by Crippen LogP contribution is -2.00. The van der Waals surface area contributed by atoms with Crippen molar-refractivity contribution in [2.75, 3.05) is 5.32 Å². The minimum absolute atomic E-state index is 0.300. The van der Waals surface area contributed by atoms with E-state index in [0.717, 1.165) is 52.1 Å². The van der Waals surface area contributed by atoms with Crippen LogP contribution in [0.4, 0.5) is 10.1 Å². The second kappa shape index (κ2) is 7.42. The van der Waals surface area contributed by atoms with Gasteiger partial charge in [0, 0.05) is 35.4 Å². The average molecular weight is 423 g/mol. The molecule has 4 aromatic heterocycles. The van der Waals surface area contributed by atoms with Crippen molar-refractivity contribution >= 4 is 22.4 Å². The van der Waals surface area contributed by atoms with Crippen LogP contribution >= 0.6 is 0 Å². The molecule has 8 heteroatoms. The Morgan fingerprint density at radius 1 is 1.00 bits per heavy atom. The van der Waals surface area contributed by atoms with Crippen molar-refractivity contribution in [3.63, 3.8) is 0 Å². The van der Waals surface area contributed by atoms with E-state index >= 15 is 0 Å². The Hall–Kier alpha value is -4.33. The number of aromatic amines is 2. The van der Waals surface area contributed by atoms with Crippen LogP contribution in [-0.4, -0.2) is 30.1 Å². The molecule has 156 valence electrons. The van der Waals surface area contributed by atoms with E-state index in [1.165, 1.54) is 17.7 Å². The molecule has 3 N–H and O–H groups in total. The van der Waals surface area contributed by atoms with Crippen molar-refractivity contribution in [3.05, 3.63) is 84.3 Å². The predicted octanol–water partition coefficient (Wildman–Crippen LogP) is 5.17. The van der Waals surface area contributed by atoms with Gasteiger partial charge in [0.15, 0.2) is 5.82 Å². The van der Waals surface area contributed by atoms with Gasteiger partial charge in [-0.3, -0.25) is 15.1 Å². The molecular weight excluding hydrogens is 405 g/mol. The van der Waals surface area contributed by atoms with Gasteiger partial charge in [0.1, 0.15) is 11.5 Å². The first-order valence-corrected chi connectivity index (χ1v) is 10.3. The van der Waals surface area contributed by atoms with Gasteiger partial charge in [-0.05, 0) is 48.2 Å². The quantitative estimate of drug-likeness (QED) is 0.363. The Kier molecular flexibility index (Phi) is 4.28. The lowest BCUT2D eigenvalue weighted by atomic mass is 10.1. The third-order valence-electron chi connectivity index (χ3n) is 5.47. The second-order valence-electron chi connectivity index (χ2n) is 7.68. The monoisotopic (exact) mass is 423 g/mol. The fraction of sp³-hybridized carbons (Fsp3) is 0.0833. The zero-order chi connectivity index (χ0) is 21.5. The first-order chi connectivity index (χ1) is 15.8. The summed E-state index contributed by atoms with van der Waals surface area (Å²) >= 11 is 0. The highest BCUT2D eigenvalue weighted by molar-refractivity contribution is 5.94. The highest BCUT2D eigenvalue weighted by Gasteiger charge is 2.22. The van der Waals surface area contributed by atoms with E-state index in [-0.39, 0.29) is 5.82 Å². The fourth-order valence-electron chi connectivity index (χ4n) is 3.80. The Labute approximate surface area is 182 Å². The van der Waals surface area contributed by atoms with Crippen molar-refractivity contribution in [3.8, 4) is 22.6 Å². The van der Waals surface area contributed by atoms with Crippen LogP contribution in [0.15, 0.2) is 73.0 Å². The summed E-state index contributed by atoms with van der Waals surface area (Å²) in [6, 6.07) is 10.4. The van der Waals surface area contributed by atoms with Crippen LogP contribution in [0.1, 0.15) is 18.4 Å². The van der Waals surface area contributed by atoms with E-state index in [9.17, 15) is 4.39 Å². The van der Waals surface area contributed by atoms with Gasteiger partial charge in [-0.2, -0.15) is 5.10 Å². The number of imidazole rings is 1. The van der Waals surface area contributed by atoms with Crippen molar-refractivity contribution < 1.29 is 4.39 Å². The number of hydrogen-bond donors (Lipinski definition) is 3. The highest BCUT2D eigenvalue weighted by Crippen LogP contribution is 2.38. The summed E-state index contributed by atoms with van der Waals surface area (Å²) in [6.07, 6.45) is 10.9. The van der Waals surface area contributed by atoms with Gasteiger partial charge in [-0.1, -0.05) is 12.1 Å². The lowest BCUT2D eigenvalue weighted by molar-refractivity contribution is 0.628. The number of benzene rings is 1. The summed E-state index contributed by atoms with van der Waals surface area (Å²) in [4.78, 5) is 16.7. The van der Waals surface area contributed by atoms with Gasteiger partial charge in [0.2, 0.25) is 0 Å². The molecule has 7 nitrogen and oxygen atoms in total. The van der Waals surface area contributed by atoms with Gasteiger partial charge in [0.05, 0.1) is 29.1 Å². The maximum atomic E-state index is 13.8. The minimum Gasteiger partial charge on any atom is -0.352 e. The standard InChI is InChI=1S/C24H18FN7/c25-17-5-1-3-15(9-17)18-11-27-12-19-22(18)31-24(30-19)23-20(13-28-32-23)29-21(14-6-7-14)16-4-2-8-26-10-16/h1-5,8-13,29H,6-7H2,(H,28,32)(H,30,31). The van der Waals surface area contributed by atoms with Gasteiger partial charge in [-0.25, -0.2) is 9.37 Å². The Balaban J connectivity index is 1.41. The minimum atomic E-state index is -0.300. The molecule has 0 amide bonds. The van der Waals surface area contributed by atoms with Crippen molar-refractivity contribution in [2.24, 2.45) is 0 Å². The molecule has 0 aliphatic heterocycles. The smallest absolute Gasteiger partial charge is 0.158 e. The van der Waals surface area contributed by atoms with Crippen LogP contribution in [-0.2, 0) is 0 Å². The largest absolute Gasteiger partial charge is 0.352 e. The van der Waals surface area contributed by atoms with Gasteiger partial charge < -0.3 is 10.3 Å². The first-order valence-electron chi connectivity index (χ1n) is 10.3. The Morgan fingerprint density at radius 2 is 1.94 bits per heavy atom. The van der Waals surface area contributed by atoms with Crippen molar-refractivity contribution in [1.29, 1.82) is 0 Å². The molecule has 32 heavy (non-hydrogen) atoms. The number of rotatable bonds is 5. The molecule has 0 radical (unpaired) electrons. The molecule has 0 unspecified atom stereocenters. The lowest BCUT2D eigenvalue weighted by Gasteiger charge is -2.10. The maximum Gasteiger partial charge on any atom is 0.158 e. The molecule has 0 atom stereocenters. The summed E-state index contributed by atoms with van der Waals surface area (Å²) < 4.78 is 13.8. The molecule has 1 saturated carbocycles.